The highest BCUT2D eigenvalue weighted by Crippen LogP contribution is 2.04. The molecule has 6 heteroatoms. The molecule has 0 spiro atoms. The first-order chi connectivity index (χ1) is 8.58. The number of benzene rings is 1. The Hall–Kier alpha value is -1.92. The van der Waals surface area contributed by atoms with Gasteiger partial charge in [0.1, 0.15) is 0 Å². The Kier molecular flexibility index (Phi) is 5.29. The van der Waals surface area contributed by atoms with Crippen molar-refractivity contribution in [2.45, 2.75) is 12.7 Å². The highest BCUT2D eigenvalue weighted by atomic mass is 16.5. The third-order valence-electron chi connectivity index (χ3n) is 2.41. The van der Waals surface area contributed by atoms with Crippen LogP contribution >= 0.6 is 0 Å². The van der Waals surface area contributed by atoms with Crippen molar-refractivity contribution >= 4 is 11.9 Å². The second-order valence-corrected chi connectivity index (χ2v) is 3.63. The smallest absolute Gasteiger partial charge is 0.334 e. The van der Waals surface area contributed by atoms with Gasteiger partial charge in [-0.1, -0.05) is 12.1 Å². The lowest BCUT2D eigenvalue weighted by atomic mass is 10.1. The van der Waals surface area contributed by atoms with E-state index in [1.165, 1.54) is 7.11 Å². The van der Waals surface area contributed by atoms with Crippen molar-refractivity contribution in [3.8, 4) is 0 Å². The van der Waals surface area contributed by atoms with Crippen LogP contribution in [0.5, 0.6) is 0 Å². The van der Waals surface area contributed by atoms with Gasteiger partial charge >= 0.3 is 5.97 Å². The van der Waals surface area contributed by atoms with Crippen molar-refractivity contribution < 1.29 is 24.5 Å². The van der Waals surface area contributed by atoms with Crippen molar-refractivity contribution in [3.05, 3.63) is 35.4 Å². The van der Waals surface area contributed by atoms with Crippen LogP contribution in [0.2, 0.25) is 0 Å². The number of carbonyl (C=O) groups excluding carboxylic acids is 1. The lowest BCUT2D eigenvalue weighted by molar-refractivity contribution is -0.148. The van der Waals surface area contributed by atoms with Crippen LogP contribution in [0.25, 0.3) is 0 Å². The molecule has 0 aromatic heterocycles. The van der Waals surface area contributed by atoms with E-state index in [4.69, 9.17) is 10.2 Å². The zero-order valence-electron chi connectivity index (χ0n) is 9.92. The van der Waals surface area contributed by atoms with E-state index in [2.05, 4.69) is 10.1 Å². The van der Waals surface area contributed by atoms with Gasteiger partial charge in [-0.3, -0.25) is 4.79 Å². The molecule has 0 heterocycles. The summed E-state index contributed by atoms with van der Waals surface area (Å²) in [6.45, 7) is -0.195. The van der Waals surface area contributed by atoms with Gasteiger partial charge in [0.2, 0.25) is 0 Å². The first-order valence-electron chi connectivity index (χ1n) is 5.32. The van der Waals surface area contributed by atoms with Crippen molar-refractivity contribution in [3.63, 3.8) is 0 Å². The number of aliphatic hydroxyl groups excluding tert-OH is 1. The molecule has 1 unspecified atom stereocenters. The Labute approximate surface area is 104 Å². The van der Waals surface area contributed by atoms with E-state index >= 15 is 0 Å². The van der Waals surface area contributed by atoms with E-state index in [-0.39, 0.29) is 19.1 Å². The maximum absolute atomic E-state index is 11.7. The van der Waals surface area contributed by atoms with Gasteiger partial charge < -0.3 is 20.3 Å². The highest BCUT2D eigenvalue weighted by molar-refractivity contribution is 5.94. The summed E-state index contributed by atoms with van der Waals surface area (Å²) >= 11 is 0. The van der Waals surface area contributed by atoms with Gasteiger partial charge in [-0.25, -0.2) is 4.79 Å². The number of carbonyl (C=O) groups is 2. The first-order valence-corrected chi connectivity index (χ1v) is 5.32. The van der Waals surface area contributed by atoms with Crippen molar-refractivity contribution in [1.82, 2.24) is 5.32 Å². The Morgan fingerprint density at radius 1 is 1.33 bits per heavy atom. The average Bonchev–Trinajstić information content (AvgIpc) is 2.39. The van der Waals surface area contributed by atoms with Gasteiger partial charge in [0.25, 0.3) is 5.91 Å². The van der Waals surface area contributed by atoms with Crippen LogP contribution in [-0.4, -0.2) is 41.8 Å². The third kappa shape index (κ3) is 3.83. The largest absolute Gasteiger partial charge is 0.479 e. The number of hydrogen-bond acceptors (Lipinski definition) is 4. The maximum atomic E-state index is 11.7. The number of ether oxygens (including phenoxy) is 1. The summed E-state index contributed by atoms with van der Waals surface area (Å²) in [6, 6.07) is 6.37. The molecule has 0 saturated heterocycles. The number of hydrogen-bond donors (Lipinski definition) is 3. The molecule has 98 valence electrons. The second-order valence-electron chi connectivity index (χ2n) is 3.63. The average molecular weight is 253 g/mol. The fraction of sp³-hybridized carbons (Fsp3) is 0.333. The molecule has 0 aliphatic heterocycles. The van der Waals surface area contributed by atoms with Crippen LogP contribution in [0.3, 0.4) is 0 Å². The second kappa shape index (κ2) is 6.73. The van der Waals surface area contributed by atoms with E-state index in [9.17, 15) is 9.59 Å². The molecule has 0 bridgehead atoms. The molecule has 0 fully saturated rings. The number of carboxylic acid groups (broad SMARTS) is 1. The molecular formula is C12H15NO5. The SMILES string of the molecule is COC(CNC(=O)c1ccc(CO)cc1)C(=O)O. The monoisotopic (exact) mass is 253 g/mol. The molecule has 0 aliphatic rings. The number of carboxylic acids is 1. The lowest BCUT2D eigenvalue weighted by Crippen LogP contribution is -2.37. The predicted molar refractivity (Wildman–Crippen MR) is 63.1 cm³/mol. The fourth-order valence-electron chi connectivity index (χ4n) is 1.32. The van der Waals surface area contributed by atoms with Gasteiger partial charge in [-0.2, -0.15) is 0 Å². The minimum atomic E-state index is -1.13. The molecule has 1 aromatic carbocycles. The molecule has 1 aromatic rings. The van der Waals surface area contributed by atoms with Gasteiger partial charge in [0.05, 0.1) is 13.2 Å². The number of aliphatic carboxylic acids is 1. The fourth-order valence-corrected chi connectivity index (χ4v) is 1.32. The summed E-state index contributed by atoms with van der Waals surface area (Å²) in [6.07, 6.45) is -1.06. The van der Waals surface area contributed by atoms with E-state index in [1.807, 2.05) is 0 Å². The molecule has 0 radical (unpaired) electrons. The lowest BCUT2D eigenvalue weighted by Gasteiger charge is -2.11. The standard InChI is InChI=1S/C12H15NO5/c1-18-10(12(16)17)6-13-11(15)9-4-2-8(7-14)3-5-9/h2-5,10,14H,6-7H2,1H3,(H,13,15)(H,16,17). The minimum Gasteiger partial charge on any atom is -0.479 e. The van der Waals surface area contributed by atoms with Crippen LogP contribution in [0.15, 0.2) is 24.3 Å². The minimum absolute atomic E-state index is 0.0906. The quantitative estimate of drug-likeness (QED) is 0.663. The Bertz CT molecular complexity index is 415. The highest BCUT2D eigenvalue weighted by Gasteiger charge is 2.17. The van der Waals surface area contributed by atoms with Gasteiger partial charge in [0.15, 0.2) is 6.10 Å². The molecule has 6 nitrogen and oxygen atoms in total. The van der Waals surface area contributed by atoms with Crippen LogP contribution in [0, 0.1) is 0 Å². The summed E-state index contributed by atoms with van der Waals surface area (Å²) in [4.78, 5) is 22.3. The van der Waals surface area contributed by atoms with E-state index in [0.29, 0.717) is 11.1 Å². The third-order valence-corrected chi connectivity index (χ3v) is 2.41. The van der Waals surface area contributed by atoms with Gasteiger partial charge in [-0.05, 0) is 17.7 Å². The maximum Gasteiger partial charge on any atom is 0.334 e. The number of aliphatic hydroxyl groups is 1. The number of amides is 1. The van der Waals surface area contributed by atoms with E-state index < -0.39 is 12.1 Å². The summed E-state index contributed by atoms with van der Waals surface area (Å²) in [5.41, 5.74) is 1.10. The first kappa shape index (κ1) is 14.1. The van der Waals surface area contributed by atoms with Crippen molar-refractivity contribution in [1.29, 1.82) is 0 Å². The van der Waals surface area contributed by atoms with E-state index in [0.717, 1.165) is 0 Å². The zero-order chi connectivity index (χ0) is 13.5. The Balaban J connectivity index is 2.56. The number of nitrogens with one attached hydrogen (secondary N) is 1. The van der Waals surface area contributed by atoms with Crippen molar-refractivity contribution in [2.24, 2.45) is 0 Å². The van der Waals surface area contributed by atoms with Crippen LogP contribution in [-0.2, 0) is 16.1 Å². The number of rotatable bonds is 6. The zero-order valence-corrected chi connectivity index (χ0v) is 9.92. The van der Waals surface area contributed by atoms with Crippen LogP contribution < -0.4 is 5.32 Å². The van der Waals surface area contributed by atoms with Crippen molar-refractivity contribution in [2.75, 3.05) is 13.7 Å². The summed E-state index contributed by atoms with van der Waals surface area (Å²) in [5.74, 6) is -1.52. The molecule has 3 N–H and O–H groups in total. The molecule has 18 heavy (non-hydrogen) atoms. The van der Waals surface area contributed by atoms with Crippen LogP contribution in [0.1, 0.15) is 15.9 Å². The molecule has 1 atom stereocenters. The molecular weight excluding hydrogens is 238 g/mol. The van der Waals surface area contributed by atoms with Gasteiger partial charge in [0, 0.05) is 12.7 Å². The summed E-state index contributed by atoms with van der Waals surface area (Å²) in [7, 11) is 1.26. The van der Waals surface area contributed by atoms with Crippen LogP contribution in [0.4, 0.5) is 0 Å². The normalized spacial score (nSPS) is 11.9. The topological polar surface area (TPSA) is 95.9 Å². The molecule has 1 rings (SSSR count). The summed E-state index contributed by atoms with van der Waals surface area (Å²) < 4.78 is 4.69. The Morgan fingerprint density at radius 2 is 1.94 bits per heavy atom. The summed E-state index contributed by atoms with van der Waals surface area (Å²) in [5, 5.41) is 20.0. The Morgan fingerprint density at radius 3 is 2.39 bits per heavy atom. The molecule has 0 aliphatic carbocycles. The van der Waals surface area contributed by atoms with Gasteiger partial charge in [-0.15, -0.1) is 0 Å². The number of methoxy groups -OCH3 is 1. The molecule has 0 saturated carbocycles. The predicted octanol–water partition coefficient (Wildman–Crippen LogP) is 0.00830. The molecule has 1 amide bonds. The van der Waals surface area contributed by atoms with E-state index in [1.54, 1.807) is 24.3 Å².